The quantitative estimate of drug-likeness (QED) is 0.644. The van der Waals surface area contributed by atoms with E-state index >= 15 is 0 Å². The molecule has 2 nitrogen and oxygen atoms in total. The van der Waals surface area contributed by atoms with Crippen molar-refractivity contribution in [2.45, 2.75) is 52.0 Å². The molecule has 0 radical (unpaired) electrons. The molecule has 2 N–H and O–H groups in total. The molecule has 0 bridgehead atoms. The topological polar surface area (TPSA) is 38.4 Å². The predicted octanol–water partition coefficient (Wildman–Crippen LogP) is 3.53. The van der Waals surface area contributed by atoms with Crippen LogP contribution in [-0.2, 0) is 6.42 Å². The van der Waals surface area contributed by atoms with Gasteiger partial charge in [0.05, 0.1) is 11.9 Å². The van der Waals surface area contributed by atoms with Crippen LogP contribution in [0, 0.1) is 12.8 Å². The van der Waals surface area contributed by atoms with Crippen LogP contribution in [0.2, 0.25) is 0 Å². The Morgan fingerprint density at radius 2 is 2.18 bits per heavy atom. The number of hydrogen-bond acceptors (Lipinski definition) is 2. The van der Waals surface area contributed by atoms with E-state index in [1.165, 1.54) is 35.4 Å². The van der Waals surface area contributed by atoms with Crippen molar-refractivity contribution in [3.05, 3.63) is 21.9 Å². The molecule has 0 amide bonds. The predicted molar refractivity (Wildman–Crippen MR) is 75.8 cm³/mol. The maximum absolute atomic E-state index is 6.09. The van der Waals surface area contributed by atoms with Gasteiger partial charge in [-0.25, -0.2) is 0 Å². The van der Waals surface area contributed by atoms with Crippen LogP contribution < -0.4 is 5.73 Å². The zero-order valence-electron chi connectivity index (χ0n) is 10.8. The fraction of sp³-hybridized carbons (Fsp3) is 0.643. The minimum Gasteiger partial charge on any atom is -0.387 e. The molecule has 1 heterocycles. The number of nitrogens with zero attached hydrogens (tertiary/aromatic N) is 1. The summed E-state index contributed by atoms with van der Waals surface area (Å²) >= 11 is 1.87. The summed E-state index contributed by atoms with van der Waals surface area (Å²) in [6.07, 6.45) is 6.13. The monoisotopic (exact) mass is 250 g/mol. The summed E-state index contributed by atoms with van der Waals surface area (Å²) < 4.78 is 0. The molecule has 0 aromatic carbocycles. The molecule has 94 valence electrons. The zero-order valence-corrected chi connectivity index (χ0v) is 11.6. The molecule has 1 fully saturated rings. The second-order valence-corrected chi connectivity index (χ2v) is 6.47. The molecule has 0 aliphatic heterocycles. The van der Waals surface area contributed by atoms with E-state index in [0.29, 0.717) is 12.0 Å². The van der Waals surface area contributed by atoms with E-state index in [0.717, 1.165) is 12.3 Å². The third-order valence-corrected chi connectivity index (χ3v) is 4.46. The van der Waals surface area contributed by atoms with Crippen LogP contribution in [0.1, 0.15) is 42.4 Å². The molecule has 1 atom stereocenters. The first-order valence-electron chi connectivity index (χ1n) is 6.53. The van der Waals surface area contributed by atoms with E-state index in [1.807, 2.05) is 11.3 Å². The van der Waals surface area contributed by atoms with Crippen LogP contribution in [0.25, 0.3) is 0 Å². The van der Waals surface area contributed by atoms with Crippen molar-refractivity contribution in [1.82, 2.24) is 0 Å². The molecule has 2 rings (SSSR count). The van der Waals surface area contributed by atoms with E-state index in [1.54, 1.807) is 0 Å². The summed E-state index contributed by atoms with van der Waals surface area (Å²) in [4.78, 5) is 7.45. The molecular formula is C14H22N2S. The second kappa shape index (κ2) is 5.67. The van der Waals surface area contributed by atoms with E-state index in [4.69, 9.17) is 5.73 Å². The van der Waals surface area contributed by atoms with E-state index in [9.17, 15) is 0 Å². The third-order valence-electron chi connectivity index (χ3n) is 3.44. The lowest BCUT2D eigenvalue weighted by atomic mass is 10.1. The molecule has 0 saturated heterocycles. The Balaban J connectivity index is 1.91. The summed E-state index contributed by atoms with van der Waals surface area (Å²) in [6.45, 7) is 4.31. The Morgan fingerprint density at radius 1 is 1.47 bits per heavy atom. The van der Waals surface area contributed by atoms with E-state index in [2.05, 4.69) is 31.0 Å². The SMILES string of the molecule is Cc1ccc(CC(C)N=C(N)C2CCCC2)s1. The number of aliphatic imine (C=N–C) groups is 1. The van der Waals surface area contributed by atoms with Gasteiger partial charge in [0.25, 0.3) is 0 Å². The van der Waals surface area contributed by atoms with Gasteiger partial charge >= 0.3 is 0 Å². The van der Waals surface area contributed by atoms with Gasteiger partial charge in [0, 0.05) is 22.1 Å². The van der Waals surface area contributed by atoms with Crippen molar-refractivity contribution in [2.24, 2.45) is 16.6 Å². The molecule has 1 aromatic rings. The molecule has 1 unspecified atom stereocenters. The summed E-state index contributed by atoms with van der Waals surface area (Å²) in [5.41, 5.74) is 6.09. The van der Waals surface area contributed by atoms with Crippen LogP contribution in [0.15, 0.2) is 17.1 Å². The highest BCUT2D eigenvalue weighted by Gasteiger charge is 2.19. The lowest BCUT2D eigenvalue weighted by molar-refractivity contribution is 0.685. The number of aryl methyl sites for hydroxylation is 1. The Bertz CT molecular complexity index is 389. The molecule has 0 spiro atoms. The minimum absolute atomic E-state index is 0.314. The zero-order chi connectivity index (χ0) is 12.3. The molecular weight excluding hydrogens is 228 g/mol. The minimum atomic E-state index is 0.314. The fourth-order valence-corrected chi connectivity index (χ4v) is 3.52. The maximum Gasteiger partial charge on any atom is 0.0971 e. The molecule has 17 heavy (non-hydrogen) atoms. The Morgan fingerprint density at radius 3 is 2.76 bits per heavy atom. The van der Waals surface area contributed by atoms with Gasteiger partial charge in [0.15, 0.2) is 0 Å². The van der Waals surface area contributed by atoms with Gasteiger partial charge in [0.1, 0.15) is 0 Å². The Kier molecular flexibility index (Phi) is 4.21. The second-order valence-electron chi connectivity index (χ2n) is 5.10. The average molecular weight is 250 g/mol. The van der Waals surface area contributed by atoms with Gasteiger partial charge < -0.3 is 5.73 Å². The van der Waals surface area contributed by atoms with Crippen LogP contribution in [0.5, 0.6) is 0 Å². The average Bonchev–Trinajstić information content (AvgIpc) is 2.89. The highest BCUT2D eigenvalue weighted by molar-refractivity contribution is 7.11. The Labute approximate surface area is 108 Å². The highest BCUT2D eigenvalue weighted by Crippen LogP contribution is 2.25. The standard InChI is InChI=1S/C14H22N2S/c1-10(9-13-8-7-11(2)17-13)16-14(15)12-5-3-4-6-12/h7-8,10,12H,3-6,9H2,1-2H3,(H2,15,16). The van der Waals surface area contributed by atoms with Gasteiger partial charge in [-0.2, -0.15) is 0 Å². The first kappa shape index (κ1) is 12.6. The normalized spacial score (nSPS) is 19.8. The van der Waals surface area contributed by atoms with Crippen LogP contribution in [-0.4, -0.2) is 11.9 Å². The summed E-state index contributed by atoms with van der Waals surface area (Å²) in [7, 11) is 0. The van der Waals surface area contributed by atoms with Gasteiger partial charge in [-0.15, -0.1) is 11.3 Å². The number of nitrogens with two attached hydrogens (primary N) is 1. The number of hydrogen-bond donors (Lipinski definition) is 1. The molecule has 1 saturated carbocycles. The van der Waals surface area contributed by atoms with Gasteiger partial charge in [-0.1, -0.05) is 12.8 Å². The lowest BCUT2D eigenvalue weighted by Gasteiger charge is -2.11. The summed E-state index contributed by atoms with van der Waals surface area (Å²) in [5, 5.41) is 0. The summed E-state index contributed by atoms with van der Waals surface area (Å²) in [5.74, 6) is 1.45. The van der Waals surface area contributed by atoms with Gasteiger partial charge in [-0.05, 0) is 38.8 Å². The molecule has 3 heteroatoms. The maximum atomic E-state index is 6.09. The third kappa shape index (κ3) is 3.56. The van der Waals surface area contributed by atoms with Crippen molar-refractivity contribution in [3.8, 4) is 0 Å². The number of rotatable bonds is 4. The smallest absolute Gasteiger partial charge is 0.0971 e. The lowest BCUT2D eigenvalue weighted by Crippen LogP contribution is -2.23. The van der Waals surface area contributed by atoms with Crippen LogP contribution in [0.3, 0.4) is 0 Å². The van der Waals surface area contributed by atoms with Crippen molar-refractivity contribution < 1.29 is 0 Å². The summed E-state index contributed by atoms with van der Waals surface area (Å²) in [6, 6.07) is 4.70. The first-order valence-corrected chi connectivity index (χ1v) is 7.35. The molecule has 1 aliphatic rings. The van der Waals surface area contributed by atoms with Crippen molar-refractivity contribution >= 4 is 17.2 Å². The number of thiophene rings is 1. The Hall–Kier alpha value is -0.830. The van der Waals surface area contributed by atoms with Crippen molar-refractivity contribution in [3.63, 3.8) is 0 Å². The van der Waals surface area contributed by atoms with Gasteiger partial charge in [-0.3, -0.25) is 4.99 Å². The first-order chi connectivity index (χ1) is 8.15. The van der Waals surface area contributed by atoms with Crippen LogP contribution in [0.4, 0.5) is 0 Å². The van der Waals surface area contributed by atoms with E-state index in [-0.39, 0.29) is 0 Å². The van der Waals surface area contributed by atoms with E-state index < -0.39 is 0 Å². The fourth-order valence-electron chi connectivity index (χ4n) is 2.51. The van der Waals surface area contributed by atoms with Crippen molar-refractivity contribution in [2.75, 3.05) is 0 Å². The molecule has 1 aliphatic carbocycles. The highest BCUT2D eigenvalue weighted by atomic mass is 32.1. The van der Waals surface area contributed by atoms with Crippen LogP contribution >= 0.6 is 11.3 Å². The number of amidine groups is 1. The molecule has 1 aromatic heterocycles. The largest absolute Gasteiger partial charge is 0.387 e. The van der Waals surface area contributed by atoms with Gasteiger partial charge in [0.2, 0.25) is 0 Å². The van der Waals surface area contributed by atoms with Crippen molar-refractivity contribution in [1.29, 1.82) is 0 Å².